The van der Waals surface area contributed by atoms with Crippen LogP contribution in [0.25, 0.3) is 10.8 Å². The summed E-state index contributed by atoms with van der Waals surface area (Å²) in [5, 5.41) is 1.98. The van der Waals surface area contributed by atoms with Gasteiger partial charge in [0.15, 0.2) is 0 Å². The maximum atomic E-state index is 12.1. The molecule has 0 aliphatic heterocycles. The van der Waals surface area contributed by atoms with Crippen LogP contribution in [0.5, 0.6) is 11.5 Å². The Kier molecular flexibility index (Phi) is 9.79. The number of hydrogen-bond acceptors (Lipinski definition) is 6. The number of carbonyl (C=O) groups is 2. The van der Waals surface area contributed by atoms with Crippen molar-refractivity contribution in [3.63, 3.8) is 0 Å². The van der Waals surface area contributed by atoms with Gasteiger partial charge in [0.1, 0.15) is 36.9 Å². The quantitative estimate of drug-likeness (QED) is 0.238. The van der Waals surface area contributed by atoms with Crippen molar-refractivity contribution < 1.29 is 28.5 Å². The van der Waals surface area contributed by atoms with Crippen LogP contribution in [0.15, 0.2) is 42.5 Å². The molecular weight excluding hydrogens is 468 g/mol. The van der Waals surface area contributed by atoms with Crippen molar-refractivity contribution in [3.05, 3.63) is 59.2 Å². The summed E-state index contributed by atoms with van der Waals surface area (Å²) >= 11 is 0. The Balaban J connectivity index is 1.98. The highest BCUT2D eigenvalue weighted by Gasteiger charge is 2.26. The Morgan fingerprint density at radius 3 is 1.81 bits per heavy atom. The molecule has 0 saturated heterocycles. The van der Waals surface area contributed by atoms with Crippen LogP contribution in [0, 0.1) is 6.92 Å². The molecule has 1 aliphatic carbocycles. The van der Waals surface area contributed by atoms with E-state index in [9.17, 15) is 9.59 Å². The van der Waals surface area contributed by atoms with Crippen molar-refractivity contribution in [2.75, 3.05) is 13.2 Å². The highest BCUT2D eigenvalue weighted by molar-refractivity contribution is 5.98. The predicted octanol–water partition coefficient (Wildman–Crippen LogP) is 6.58. The van der Waals surface area contributed by atoms with Gasteiger partial charge >= 0.3 is 11.9 Å². The molecule has 3 rings (SSSR count). The number of carbonyl (C=O) groups excluding carboxylic acids is 2. The summed E-state index contributed by atoms with van der Waals surface area (Å²) in [6.45, 7) is 17.2. The van der Waals surface area contributed by atoms with Gasteiger partial charge in [-0.05, 0) is 64.9 Å². The molecule has 0 bridgehead atoms. The maximum Gasteiger partial charge on any atom is 0.333 e. The van der Waals surface area contributed by atoms with Gasteiger partial charge in [0.05, 0.1) is 0 Å². The number of aryl methyl sites for hydroxylation is 1. The van der Waals surface area contributed by atoms with Crippen molar-refractivity contribution >= 4 is 22.7 Å². The average Bonchev–Trinajstić information content (AvgIpc) is 2.88. The molecule has 0 fully saturated rings. The minimum absolute atomic E-state index is 0.264. The molecule has 37 heavy (non-hydrogen) atoms. The van der Waals surface area contributed by atoms with Gasteiger partial charge < -0.3 is 18.9 Å². The first-order chi connectivity index (χ1) is 17.7. The second kappa shape index (κ2) is 12.8. The van der Waals surface area contributed by atoms with Gasteiger partial charge in [-0.15, -0.1) is 0 Å². The number of hydrogen-bond donors (Lipinski definition) is 0. The Morgan fingerprint density at radius 1 is 0.838 bits per heavy atom. The average molecular weight is 509 g/mol. The standard InChI is InChI=1S/C31H40O6/c1-8-22(36-30(32)19(3)4)17-34-28-24-14-10-11-15-25(24)29(27-21(7)13-12-16-26(27)28)35-18-23(9-2)37-31(33)20(5)6/h12-13,16,22-23H,3,5,8-11,14-15,17-18H2,1-2,4,6-7H3. The lowest BCUT2D eigenvalue weighted by molar-refractivity contribution is -0.146. The number of esters is 2. The first kappa shape index (κ1) is 28.3. The summed E-state index contributed by atoms with van der Waals surface area (Å²) in [5.41, 5.74) is 4.12. The van der Waals surface area contributed by atoms with E-state index >= 15 is 0 Å². The van der Waals surface area contributed by atoms with Crippen LogP contribution in [-0.2, 0) is 31.9 Å². The minimum atomic E-state index is -0.403. The van der Waals surface area contributed by atoms with Crippen LogP contribution in [0.4, 0.5) is 0 Å². The van der Waals surface area contributed by atoms with Gasteiger partial charge in [-0.25, -0.2) is 9.59 Å². The van der Waals surface area contributed by atoms with Crippen LogP contribution < -0.4 is 9.47 Å². The maximum absolute atomic E-state index is 12.1. The van der Waals surface area contributed by atoms with E-state index in [4.69, 9.17) is 18.9 Å². The van der Waals surface area contributed by atoms with E-state index in [2.05, 4.69) is 32.2 Å². The number of fused-ring (bicyclic) bond motifs is 2. The molecule has 0 spiro atoms. The Bertz CT molecular complexity index is 1180. The lowest BCUT2D eigenvalue weighted by Gasteiger charge is -2.28. The molecule has 6 nitrogen and oxygen atoms in total. The largest absolute Gasteiger partial charge is 0.489 e. The minimum Gasteiger partial charge on any atom is -0.489 e. The Hall–Kier alpha value is -3.28. The van der Waals surface area contributed by atoms with Gasteiger partial charge in [0, 0.05) is 33.0 Å². The van der Waals surface area contributed by atoms with E-state index in [1.54, 1.807) is 13.8 Å². The molecule has 0 aromatic heterocycles. The van der Waals surface area contributed by atoms with E-state index < -0.39 is 11.9 Å². The molecule has 2 unspecified atom stereocenters. The zero-order chi connectivity index (χ0) is 27.1. The molecule has 200 valence electrons. The van der Waals surface area contributed by atoms with Gasteiger partial charge in [-0.3, -0.25) is 0 Å². The molecule has 0 heterocycles. The molecule has 2 aromatic carbocycles. The molecule has 0 radical (unpaired) electrons. The summed E-state index contributed by atoms with van der Waals surface area (Å²) in [4.78, 5) is 24.2. The number of benzene rings is 2. The lowest BCUT2D eigenvalue weighted by Crippen LogP contribution is -2.26. The Labute approximate surface area is 220 Å². The number of rotatable bonds is 12. The fourth-order valence-corrected chi connectivity index (χ4v) is 4.53. The summed E-state index contributed by atoms with van der Waals surface area (Å²) in [7, 11) is 0. The third-order valence-electron chi connectivity index (χ3n) is 6.74. The molecular formula is C31H40O6. The van der Waals surface area contributed by atoms with E-state index in [1.165, 1.54) is 0 Å². The second-order valence-corrected chi connectivity index (χ2v) is 9.87. The smallest absolute Gasteiger partial charge is 0.333 e. The Morgan fingerprint density at radius 2 is 1.32 bits per heavy atom. The number of ether oxygens (including phenoxy) is 4. The van der Waals surface area contributed by atoms with Crippen LogP contribution in [0.2, 0.25) is 0 Å². The fraction of sp³-hybridized carbons (Fsp3) is 0.484. The topological polar surface area (TPSA) is 71.1 Å². The van der Waals surface area contributed by atoms with Crippen molar-refractivity contribution in [2.45, 2.75) is 85.4 Å². The highest BCUT2D eigenvalue weighted by atomic mass is 16.6. The molecule has 0 saturated carbocycles. The molecule has 2 aromatic rings. The third kappa shape index (κ3) is 6.73. The van der Waals surface area contributed by atoms with Crippen LogP contribution in [0.1, 0.15) is 70.1 Å². The summed E-state index contributed by atoms with van der Waals surface area (Å²) in [5.74, 6) is 0.881. The zero-order valence-corrected chi connectivity index (χ0v) is 22.9. The summed E-state index contributed by atoms with van der Waals surface area (Å²) in [6.07, 6.45) is 4.44. The van der Waals surface area contributed by atoms with Crippen LogP contribution >= 0.6 is 0 Å². The van der Waals surface area contributed by atoms with Crippen LogP contribution in [-0.4, -0.2) is 37.4 Å². The van der Waals surface area contributed by atoms with Gasteiger partial charge in [0.25, 0.3) is 0 Å². The normalized spacial score (nSPS) is 14.3. The van der Waals surface area contributed by atoms with E-state index in [1.807, 2.05) is 19.9 Å². The fourth-order valence-electron chi connectivity index (χ4n) is 4.53. The SMILES string of the molecule is C=C(C)C(=O)OC(CC)COc1c2c(c(OCC(CC)OC(=O)C(=C)C)c3c(C)cccc13)CCCC2. The molecule has 0 amide bonds. The van der Waals surface area contributed by atoms with E-state index in [0.717, 1.165) is 64.6 Å². The molecule has 2 atom stereocenters. The van der Waals surface area contributed by atoms with Gasteiger partial charge in [-0.1, -0.05) is 45.2 Å². The van der Waals surface area contributed by atoms with Crippen molar-refractivity contribution in [3.8, 4) is 11.5 Å². The highest BCUT2D eigenvalue weighted by Crippen LogP contribution is 2.45. The van der Waals surface area contributed by atoms with Gasteiger partial charge in [0.2, 0.25) is 0 Å². The monoisotopic (exact) mass is 508 g/mol. The van der Waals surface area contributed by atoms with Crippen LogP contribution in [0.3, 0.4) is 0 Å². The third-order valence-corrected chi connectivity index (χ3v) is 6.74. The predicted molar refractivity (Wildman–Crippen MR) is 146 cm³/mol. The lowest BCUT2D eigenvalue weighted by atomic mass is 9.86. The van der Waals surface area contributed by atoms with Crippen molar-refractivity contribution in [1.29, 1.82) is 0 Å². The first-order valence-corrected chi connectivity index (χ1v) is 13.2. The molecule has 6 heteroatoms. The summed E-state index contributed by atoms with van der Waals surface area (Å²) < 4.78 is 24.1. The van der Waals surface area contributed by atoms with Gasteiger partial charge in [-0.2, -0.15) is 0 Å². The summed E-state index contributed by atoms with van der Waals surface area (Å²) in [6, 6.07) is 6.14. The zero-order valence-electron chi connectivity index (χ0n) is 22.9. The van der Waals surface area contributed by atoms with E-state index in [-0.39, 0.29) is 25.4 Å². The second-order valence-electron chi connectivity index (χ2n) is 9.87. The first-order valence-electron chi connectivity index (χ1n) is 13.2. The van der Waals surface area contributed by atoms with Crippen molar-refractivity contribution in [2.24, 2.45) is 0 Å². The molecule has 0 N–H and O–H groups in total. The van der Waals surface area contributed by atoms with E-state index in [0.29, 0.717) is 24.0 Å². The van der Waals surface area contributed by atoms with Crippen molar-refractivity contribution in [1.82, 2.24) is 0 Å². The molecule has 1 aliphatic rings.